The zero-order valence-corrected chi connectivity index (χ0v) is 24.1. The molecule has 0 saturated carbocycles. The summed E-state index contributed by atoms with van der Waals surface area (Å²) in [6, 6.07) is 4.76. The number of likely N-dealkylation sites (N-methyl/N-ethyl adjacent to an activating group) is 1. The third-order valence-corrected chi connectivity index (χ3v) is 10.6. The second-order valence-electron chi connectivity index (χ2n) is 11.9. The molecule has 0 unspecified atom stereocenters. The van der Waals surface area contributed by atoms with Gasteiger partial charge in [0.05, 0.1) is 23.3 Å². The van der Waals surface area contributed by atoms with Gasteiger partial charge in [-0.25, -0.2) is 4.98 Å². The lowest BCUT2D eigenvalue weighted by molar-refractivity contribution is 0.116. The fraction of sp³-hybridized carbons (Fsp3) is 0.600. The van der Waals surface area contributed by atoms with Crippen LogP contribution in [-0.4, -0.2) is 59.0 Å². The van der Waals surface area contributed by atoms with Crippen LogP contribution in [0.25, 0.3) is 11.5 Å². The summed E-state index contributed by atoms with van der Waals surface area (Å²) in [7, 11) is 2.16. The zero-order valence-electron chi connectivity index (χ0n) is 23.2. The molecular weight excluding hydrogens is 524 g/mol. The van der Waals surface area contributed by atoms with Gasteiger partial charge in [-0.2, -0.15) is 10.2 Å². The molecule has 4 aliphatic rings. The van der Waals surface area contributed by atoms with E-state index in [1.165, 1.54) is 11.3 Å². The van der Waals surface area contributed by atoms with E-state index < -0.39 is 0 Å². The number of hydrogen-bond donors (Lipinski definition) is 1. The first-order valence-electron chi connectivity index (χ1n) is 14.6. The molecule has 210 valence electrons. The zero-order chi connectivity index (χ0) is 27.4. The summed E-state index contributed by atoms with van der Waals surface area (Å²) in [5.74, 6) is 2.20. The number of ether oxygens (including phenoxy) is 2. The molecule has 2 aliphatic carbocycles. The fourth-order valence-corrected chi connectivity index (χ4v) is 8.76. The molecule has 2 N–H and O–H groups in total. The van der Waals surface area contributed by atoms with Crippen molar-refractivity contribution < 1.29 is 14.0 Å². The van der Waals surface area contributed by atoms with Crippen LogP contribution < -0.4 is 10.5 Å². The van der Waals surface area contributed by atoms with Crippen molar-refractivity contribution in [2.75, 3.05) is 32.5 Å². The normalized spacial score (nSPS) is 26.9. The Morgan fingerprint density at radius 3 is 2.83 bits per heavy atom. The smallest absolute Gasteiger partial charge is 0.217 e. The van der Waals surface area contributed by atoms with Crippen LogP contribution in [0.4, 0.5) is 5.00 Å². The molecule has 2 saturated heterocycles. The molecule has 0 aromatic carbocycles. The minimum atomic E-state index is -0.372. The number of nitrogen functional groups attached to an aromatic ring is 1. The molecule has 9 nitrogen and oxygen atoms in total. The van der Waals surface area contributed by atoms with Gasteiger partial charge in [0.25, 0.3) is 0 Å². The fourth-order valence-electron chi connectivity index (χ4n) is 7.60. The molecule has 2 aliphatic heterocycles. The van der Waals surface area contributed by atoms with Crippen LogP contribution >= 0.6 is 11.3 Å². The summed E-state index contributed by atoms with van der Waals surface area (Å²) in [5.41, 5.74) is 10.3. The van der Waals surface area contributed by atoms with Gasteiger partial charge < -0.3 is 19.7 Å². The SMILES string of the molecule is C[C@H](Oc1cc([C@@H]2CCOC2)nc(-c2noc3c2CCC[C@@]32CCCc3sc(N)c(C#N)c32)n1)[C@@H]1CCCN1C. The first kappa shape index (κ1) is 25.9. The highest BCUT2D eigenvalue weighted by atomic mass is 32.1. The van der Waals surface area contributed by atoms with E-state index in [1.54, 1.807) is 11.3 Å². The third kappa shape index (κ3) is 4.13. The number of thiophene rings is 1. The van der Waals surface area contributed by atoms with Crippen molar-refractivity contribution in [2.24, 2.45) is 0 Å². The van der Waals surface area contributed by atoms with Gasteiger partial charge in [0.15, 0.2) is 17.3 Å². The molecule has 5 heterocycles. The van der Waals surface area contributed by atoms with E-state index in [2.05, 4.69) is 30.1 Å². The molecule has 3 aromatic rings. The monoisotopic (exact) mass is 560 g/mol. The van der Waals surface area contributed by atoms with Gasteiger partial charge >= 0.3 is 0 Å². The Hall–Kier alpha value is -3.00. The summed E-state index contributed by atoms with van der Waals surface area (Å²) in [5, 5.41) is 15.3. The molecule has 7 rings (SSSR count). The topological polar surface area (TPSA) is 123 Å². The highest BCUT2D eigenvalue weighted by Crippen LogP contribution is 2.55. The van der Waals surface area contributed by atoms with E-state index in [-0.39, 0.29) is 17.4 Å². The third-order valence-electron chi connectivity index (χ3n) is 9.57. The maximum absolute atomic E-state index is 10.0. The lowest BCUT2D eigenvalue weighted by Gasteiger charge is -2.39. The minimum absolute atomic E-state index is 0.00605. The van der Waals surface area contributed by atoms with Gasteiger partial charge in [-0.05, 0) is 83.9 Å². The van der Waals surface area contributed by atoms with Crippen LogP contribution in [-0.2, 0) is 23.0 Å². The van der Waals surface area contributed by atoms with Crippen molar-refractivity contribution in [3.63, 3.8) is 0 Å². The number of anilines is 1. The number of nitrogens with two attached hydrogens (primary N) is 1. The number of hydrogen-bond acceptors (Lipinski definition) is 10. The van der Waals surface area contributed by atoms with Gasteiger partial charge in [0.1, 0.15) is 17.2 Å². The summed E-state index contributed by atoms with van der Waals surface area (Å²) in [6.07, 6.45) is 8.89. The number of nitrogens with zero attached hydrogens (tertiary/aromatic N) is 5. The number of aromatic nitrogens is 3. The highest BCUT2D eigenvalue weighted by molar-refractivity contribution is 7.16. The number of rotatable bonds is 5. The average molecular weight is 561 g/mol. The van der Waals surface area contributed by atoms with Gasteiger partial charge in [-0.3, -0.25) is 4.90 Å². The number of aryl methyl sites for hydroxylation is 1. The molecule has 40 heavy (non-hydrogen) atoms. The lowest BCUT2D eigenvalue weighted by atomic mass is 9.63. The van der Waals surface area contributed by atoms with Crippen molar-refractivity contribution in [1.29, 1.82) is 5.26 Å². The second kappa shape index (κ2) is 10.1. The molecule has 4 atom stereocenters. The van der Waals surface area contributed by atoms with Crippen LogP contribution in [0.2, 0.25) is 0 Å². The standard InChI is InChI=1S/C30H36N6O3S/c1-17(22-7-5-12-36(22)2)38-24-14-21(18-9-13-37-16-18)33-29(34-24)26-19-6-3-10-30(27(19)39-35-26)11-4-8-23-25(30)20(15-31)28(32)40-23/h14,17-18,22H,3-13,16,32H2,1-2H3/t17-,18+,22-,30-/m0/s1. The van der Waals surface area contributed by atoms with Crippen molar-refractivity contribution in [2.45, 2.75) is 88.2 Å². The predicted octanol–water partition coefficient (Wildman–Crippen LogP) is 4.97. The Morgan fingerprint density at radius 2 is 2.08 bits per heavy atom. The highest BCUT2D eigenvalue weighted by Gasteiger charge is 2.49. The first-order valence-corrected chi connectivity index (χ1v) is 15.4. The van der Waals surface area contributed by atoms with Gasteiger partial charge in [-0.1, -0.05) is 5.16 Å². The van der Waals surface area contributed by atoms with E-state index >= 15 is 0 Å². The van der Waals surface area contributed by atoms with E-state index in [0.717, 1.165) is 87.1 Å². The van der Waals surface area contributed by atoms with Crippen molar-refractivity contribution in [3.05, 3.63) is 39.1 Å². The Labute approximate surface area is 238 Å². The second-order valence-corrected chi connectivity index (χ2v) is 13.0. The number of likely N-dealkylation sites (tertiary alicyclic amines) is 1. The van der Waals surface area contributed by atoms with Crippen LogP contribution in [0, 0.1) is 11.3 Å². The van der Waals surface area contributed by atoms with Crippen LogP contribution in [0.5, 0.6) is 5.88 Å². The summed E-state index contributed by atoms with van der Waals surface area (Å²) >= 11 is 1.56. The summed E-state index contributed by atoms with van der Waals surface area (Å²) in [6.45, 7) is 4.61. The van der Waals surface area contributed by atoms with Crippen molar-refractivity contribution in [3.8, 4) is 23.5 Å². The van der Waals surface area contributed by atoms with E-state index in [1.807, 2.05) is 6.07 Å². The summed E-state index contributed by atoms with van der Waals surface area (Å²) in [4.78, 5) is 13.5. The average Bonchev–Trinajstić information content (AvgIpc) is 3.75. The number of nitriles is 1. The molecular formula is C30H36N6O3S. The molecule has 10 heteroatoms. The Balaban J connectivity index is 1.31. The number of fused-ring (bicyclic) bond motifs is 4. The van der Waals surface area contributed by atoms with Crippen LogP contribution in [0.1, 0.15) is 90.8 Å². The van der Waals surface area contributed by atoms with Crippen molar-refractivity contribution in [1.82, 2.24) is 20.0 Å². The predicted molar refractivity (Wildman–Crippen MR) is 152 cm³/mol. The first-order chi connectivity index (χ1) is 19.5. The molecule has 3 aromatic heterocycles. The molecule has 0 bridgehead atoms. The largest absolute Gasteiger partial charge is 0.473 e. The van der Waals surface area contributed by atoms with E-state index in [9.17, 15) is 5.26 Å². The summed E-state index contributed by atoms with van der Waals surface area (Å²) < 4.78 is 18.4. The maximum Gasteiger partial charge on any atom is 0.217 e. The Bertz CT molecular complexity index is 1470. The van der Waals surface area contributed by atoms with Crippen LogP contribution in [0.3, 0.4) is 0 Å². The van der Waals surface area contributed by atoms with Gasteiger partial charge in [0, 0.05) is 35.1 Å². The Kier molecular flexibility index (Phi) is 6.56. The molecule has 0 amide bonds. The molecule has 1 spiro atoms. The lowest BCUT2D eigenvalue weighted by Crippen LogP contribution is -2.38. The van der Waals surface area contributed by atoms with Gasteiger partial charge in [-0.15, -0.1) is 11.3 Å². The van der Waals surface area contributed by atoms with E-state index in [4.69, 9.17) is 29.7 Å². The van der Waals surface area contributed by atoms with Crippen molar-refractivity contribution >= 4 is 16.3 Å². The maximum atomic E-state index is 10.0. The van der Waals surface area contributed by atoms with E-state index in [0.29, 0.717) is 40.6 Å². The quantitative estimate of drug-likeness (QED) is 0.460. The minimum Gasteiger partial charge on any atom is -0.473 e. The Morgan fingerprint density at radius 1 is 1.23 bits per heavy atom. The van der Waals surface area contributed by atoms with Crippen LogP contribution in [0.15, 0.2) is 10.6 Å². The molecule has 2 fully saturated rings. The molecule has 0 radical (unpaired) electrons. The van der Waals surface area contributed by atoms with Gasteiger partial charge in [0.2, 0.25) is 5.88 Å².